The zero-order valence-corrected chi connectivity index (χ0v) is 9.58. The number of fused-ring (bicyclic) bond motifs is 3. The molecule has 5 nitrogen and oxygen atoms in total. The SMILES string of the molecule is Oc1ccc2nnc3c(I)cnn3c2c1. The van der Waals surface area contributed by atoms with Crippen LogP contribution in [0, 0.1) is 3.57 Å². The van der Waals surface area contributed by atoms with Gasteiger partial charge in [-0.25, -0.2) is 4.52 Å². The van der Waals surface area contributed by atoms with Crippen LogP contribution in [0.1, 0.15) is 0 Å². The van der Waals surface area contributed by atoms with Crippen LogP contribution in [0.15, 0.2) is 24.4 Å². The Morgan fingerprint density at radius 1 is 1.27 bits per heavy atom. The van der Waals surface area contributed by atoms with E-state index in [1.54, 1.807) is 28.9 Å². The molecule has 0 saturated carbocycles. The Balaban J connectivity index is 2.57. The maximum atomic E-state index is 9.41. The maximum absolute atomic E-state index is 9.41. The number of benzene rings is 1. The van der Waals surface area contributed by atoms with E-state index in [4.69, 9.17) is 0 Å². The van der Waals surface area contributed by atoms with E-state index in [1.807, 2.05) is 0 Å². The highest BCUT2D eigenvalue weighted by Crippen LogP contribution is 2.19. The average molecular weight is 312 g/mol. The van der Waals surface area contributed by atoms with Gasteiger partial charge in [0.15, 0.2) is 5.65 Å². The fourth-order valence-electron chi connectivity index (χ4n) is 1.46. The van der Waals surface area contributed by atoms with Crippen LogP contribution in [0.5, 0.6) is 5.75 Å². The fourth-order valence-corrected chi connectivity index (χ4v) is 1.92. The Hall–Kier alpha value is -1.44. The number of hydrogen-bond acceptors (Lipinski definition) is 4. The van der Waals surface area contributed by atoms with Crippen LogP contribution >= 0.6 is 22.6 Å². The molecule has 1 N–H and O–H groups in total. The van der Waals surface area contributed by atoms with Gasteiger partial charge in [0.2, 0.25) is 0 Å². The molecule has 3 aromatic rings. The van der Waals surface area contributed by atoms with Crippen molar-refractivity contribution in [3.63, 3.8) is 0 Å². The van der Waals surface area contributed by atoms with Crippen molar-refractivity contribution < 1.29 is 5.11 Å². The first-order chi connectivity index (χ1) is 7.25. The molecule has 0 fully saturated rings. The average Bonchev–Trinajstić information content (AvgIpc) is 2.61. The number of phenols is 1. The molecule has 0 bridgehead atoms. The summed E-state index contributed by atoms with van der Waals surface area (Å²) in [5.41, 5.74) is 2.16. The third-order valence-corrected chi connectivity index (χ3v) is 2.90. The standard InChI is InChI=1S/C9H5IN4O/c10-6-4-11-14-8-3-5(15)1-2-7(8)12-13-9(6)14/h1-4,15H. The van der Waals surface area contributed by atoms with E-state index in [9.17, 15) is 5.11 Å². The summed E-state index contributed by atoms with van der Waals surface area (Å²) in [6.07, 6.45) is 1.72. The first kappa shape index (κ1) is 8.84. The number of aromatic nitrogens is 4. The highest BCUT2D eigenvalue weighted by Gasteiger charge is 2.07. The molecule has 2 aromatic heterocycles. The normalized spacial score (nSPS) is 11.3. The zero-order valence-electron chi connectivity index (χ0n) is 7.42. The lowest BCUT2D eigenvalue weighted by atomic mass is 10.3. The van der Waals surface area contributed by atoms with Gasteiger partial charge in [-0.15, -0.1) is 10.2 Å². The lowest BCUT2D eigenvalue weighted by Gasteiger charge is -1.99. The van der Waals surface area contributed by atoms with Gasteiger partial charge >= 0.3 is 0 Å². The summed E-state index contributed by atoms with van der Waals surface area (Å²) in [7, 11) is 0. The van der Waals surface area contributed by atoms with Crippen molar-refractivity contribution in [1.29, 1.82) is 0 Å². The van der Waals surface area contributed by atoms with Gasteiger partial charge in [-0.1, -0.05) is 0 Å². The Morgan fingerprint density at radius 3 is 3.00 bits per heavy atom. The molecule has 6 heteroatoms. The number of nitrogens with zero attached hydrogens (tertiary/aromatic N) is 4. The van der Waals surface area contributed by atoms with Crippen LogP contribution in [-0.4, -0.2) is 24.9 Å². The van der Waals surface area contributed by atoms with E-state index in [0.29, 0.717) is 11.2 Å². The highest BCUT2D eigenvalue weighted by molar-refractivity contribution is 14.1. The molecule has 74 valence electrons. The minimum atomic E-state index is 0.197. The van der Waals surface area contributed by atoms with Gasteiger partial charge in [-0.2, -0.15) is 5.10 Å². The molecular weight excluding hydrogens is 307 g/mol. The van der Waals surface area contributed by atoms with Crippen molar-refractivity contribution in [2.45, 2.75) is 0 Å². The first-order valence-electron chi connectivity index (χ1n) is 4.24. The van der Waals surface area contributed by atoms with E-state index in [1.165, 1.54) is 0 Å². The molecular formula is C9H5IN4O. The molecule has 0 aliphatic heterocycles. The molecule has 0 amide bonds. The molecule has 0 atom stereocenters. The maximum Gasteiger partial charge on any atom is 0.191 e. The van der Waals surface area contributed by atoms with Gasteiger partial charge in [0, 0.05) is 6.07 Å². The second-order valence-electron chi connectivity index (χ2n) is 3.10. The summed E-state index contributed by atoms with van der Waals surface area (Å²) in [6, 6.07) is 4.92. The van der Waals surface area contributed by atoms with Crippen molar-refractivity contribution in [3.8, 4) is 5.75 Å². The van der Waals surface area contributed by atoms with Crippen molar-refractivity contribution >= 4 is 39.3 Å². The number of hydrogen-bond donors (Lipinski definition) is 1. The second kappa shape index (κ2) is 3.02. The molecule has 0 aliphatic rings. The van der Waals surface area contributed by atoms with Gasteiger partial charge in [-0.3, -0.25) is 0 Å². The van der Waals surface area contributed by atoms with Crippen LogP contribution < -0.4 is 0 Å². The number of rotatable bonds is 0. The van der Waals surface area contributed by atoms with Gasteiger partial charge in [-0.05, 0) is 34.7 Å². The van der Waals surface area contributed by atoms with E-state index in [0.717, 1.165) is 9.09 Å². The van der Waals surface area contributed by atoms with Crippen LogP contribution in [-0.2, 0) is 0 Å². The van der Waals surface area contributed by atoms with Crippen molar-refractivity contribution in [2.75, 3.05) is 0 Å². The van der Waals surface area contributed by atoms with E-state index in [-0.39, 0.29) is 5.75 Å². The van der Waals surface area contributed by atoms with Gasteiger partial charge < -0.3 is 5.11 Å². The van der Waals surface area contributed by atoms with Crippen LogP contribution in [0.4, 0.5) is 0 Å². The monoisotopic (exact) mass is 312 g/mol. The molecule has 2 heterocycles. The van der Waals surface area contributed by atoms with Crippen molar-refractivity contribution in [1.82, 2.24) is 19.8 Å². The quantitative estimate of drug-likeness (QED) is 0.640. The number of phenolic OH excluding ortho intramolecular Hbond substituents is 1. The molecule has 0 saturated heterocycles. The molecule has 3 rings (SSSR count). The zero-order chi connectivity index (χ0) is 10.4. The Kier molecular flexibility index (Phi) is 1.78. The second-order valence-corrected chi connectivity index (χ2v) is 4.26. The van der Waals surface area contributed by atoms with Gasteiger partial charge in [0.1, 0.15) is 11.3 Å². The summed E-state index contributed by atoms with van der Waals surface area (Å²) in [5, 5.41) is 21.7. The predicted octanol–water partition coefficient (Wildman–Crippen LogP) is 1.59. The van der Waals surface area contributed by atoms with Crippen molar-refractivity contribution in [3.05, 3.63) is 28.0 Å². The Bertz CT molecular complexity index is 664. The minimum Gasteiger partial charge on any atom is -0.508 e. The number of halogens is 1. The van der Waals surface area contributed by atoms with E-state index < -0.39 is 0 Å². The third kappa shape index (κ3) is 1.24. The summed E-state index contributed by atoms with van der Waals surface area (Å²) in [6.45, 7) is 0. The van der Waals surface area contributed by atoms with Crippen LogP contribution in [0.3, 0.4) is 0 Å². The number of aromatic hydroxyl groups is 1. The predicted molar refractivity (Wildman–Crippen MR) is 62.7 cm³/mol. The largest absolute Gasteiger partial charge is 0.508 e. The van der Waals surface area contributed by atoms with E-state index in [2.05, 4.69) is 37.9 Å². The minimum absolute atomic E-state index is 0.197. The Morgan fingerprint density at radius 2 is 2.13 bits per heavy atom. The summed E-state index contributed by atoms with van der Waals surface area (Å²) in [5.74, 6) is 0.197. The van der Waals surface area contributed by atoms with Crippen molar-refractivity contribution in [2.24, 2.45) is 0 Å². The molecule has 0 radical (unpaired) electrons. The van der Waals surface area contributed by atoms with Crippen LogP contribution in [0.25, 0.3) is 16.7 Å². The van der Waals surface area contributed by atoms with Gasteiger partial charge in [0.25, 0.3) is 0 Å². The molecule has 15 heavy (non-hydrogen) atoms. The van der Waals surface area contributed by atoms with Crippen LogP contribution in [0.2, 0.25) is 0 Å². The third-order valence-electron chi connectivity index (χ3n) is 2.14. The molecule has 0 unspecified atom stereocenters. The first-order valence-corrected chi connectivity index (χ1v) is 5.32. The summed E-state index contributed by atoms with van der Waals surface area (Å²) < 4.78 is 2.61. The lowest BCUT2D eigenvalue weighted by Crippen LogP contribution is -1.96. The summed E-state index contributed by atoms with van der Waals surface area (Å²) in [4.78, 5) is 0. The molecule has 0 spiro atoms. The summed E-state index contributed by atoms with van der Waals surface area (Å²) >= 11 is 2.15. The smallest absolute Gasteiger partial charge is 0.191 e. The fraction of sp³-hybridized carbons (Fsp3) is 0. The lowest BCUT2D eigenvalue weighted by molar-refractivity contribution is 0.476. The van der Waals surface area contributed by atoms with Gasteiger partial charge in [0.05, 0.1) is 15.3 Å². The molecule has 0 aliphatic carbocycles. The highest BCUT2D eigenvalue weighted by atomic mass is 127. The topological polar surface area (TPSA) is 63.3 Å². The molecule has 1 aromatic carbocycles. The Labute approximate surface area is 97.9 Å². The van der Waals surface area contributed by atoms with E-state index >= 15 is 0 Å².